The van der Waals surface area contributed by atoms with E-state index in [4.69, 9.17) is 9.84 Å². The highest BCUT2D eigenvalue weighted by Crippen LogP contribution is 2.24. The van der Waals surface area contributed by atoms with Crippen molar-refractivity contribution in [1.82, 2.24) is 9.71 Å². The minimum atomic E-state index is -3.85. The van der Waals surface area contributed by atoms with Crippen LogP contribution in [-0.4, -0.2) is 36.6 Å². The van der Waals surface area contributed by atoms with Gasteiger partial charge < -0.3 is 9.84 Å². The number of nitrogens with zero attached hydrogens (tertiary/aromatic N) is 1. The van der Waals surface area contributed by atoms with E-state index in [1.165, 1.54) is 18.5 Å². The predicted molar refractivity (Wildman–Crippen MR) is 76.7 cm³/mol. The Kier molecular flexibility index (Phi) is 5.68. The highest BCUT2D eigenvalue weighted by Gasteiger charge is 2.29. The third-order valence-corrected chi connectivity index (χ3v) is 4.42. The number of carbonyl (C=O) groups is 1. The number of ether oxygens (including phenoxy) is 1. The monoisotopic (exact) mass is 316 g/mol. The fourth-order valence-corrected chi connectivity index (χ4v) is 3.26. The Hall–Kier alpha value is -1.67. The molecule has 0 amide bonds. The van der Waals surface area contributed by atoms with Crippen LogP contribution in [0.5, 0.6) is 5.75 Å². The van der Waals surface area contributed by atoms with Crippen LogP contribution in [0.2, 0.25) is 0 Å². The molecule has 0 aliphatic heterocycles. The van der Waals surface area contributed by atoms with E-state index in [0.29, 0.717) is 6.61 Å². The van der Waals surface area contributed by atoms with Crippen LogP contribution in [0.25, 0.3) is 0 Å². The summed E-state index contributed by atoms with van der Waals surface area (Å²) in [4.78, 5) is 14.4. The van der Waals surface area contributed by atoms with Crippen molar-refractivity contribution in [3.8, 4) is 5.75 Å². The van der Waals surface area contributed by atoms with Gasteiger partial charge in [0.25, 0.3) is 0 Å². The van der Waals surface area contributed by atoms with Crippen molar-refractivity contribution in [3.63, 3.8) is 0 Å². The summed E-state index contributed by atoms with van der Waals surface area (Å²) in [5.74, 6) is -0.757. The first-order valence-electron chi connectivity index (χ1n) is 6.50. The van der Waals surface area contributed by atoms with E-state index in [0.717, 1.165) is 0 Å². The molecule has 2 N–H and O–H groups in total. The molecule has 0 radical (unpaired) electrons. The Labute approximate surface area is 124 Å². The lowest BCUT2D eigenvalue weighted by molar-refractivity contribution is -0.137. The van der Waals surface area contributed by atoms with E-state index in [-0.39, 0.29) is 23.5 Å². The molecule has 118 valence electrons. The van der Waals surface area contributed by atoms with Crippen molar-refractivity contribution >= 4 is 16.0 Å². The summed E-state index contributed by atoms with van der Waals surface area (Å²) in [6, 6.07) is 1.47. The second-order valence-corrected chi connectivity index (χ2v) is 6.79. The SMILES string of the molecule is CCOc1ccncc1S(=O)(=O)NC(C)(C)CCC(=O)O. The lowest BCUT2D eigenvalue weighted by atomic mass is 10.0. The number of hydrogen-bond acceptors (Lipinski definition) is 5. The highest BCUT2D eigenvalue weighted by molar-refractivity contribution is 7.89. The summed E-state index contributed by atoms with van der Waals surface area (Å²) in [6.45, 7) is 5.34. The molecule has 0 aromatic carbocycles. The zero-order valence-electron chi connectivity index (χ0n) is 12.3. The fourth-order valence-electron chi connectivity index (χ4n) is 1.73. The van der Waals surface area contributed by atoms with Crippen molar-refractivity contribution in [3.05, 3.63) is 18.5 Å². The standard InChI is InChI=1S/C13H20N2O5S/c1-4-20-10-6-8-14-9-11(10)21(18,19)15-13(2,3)7-5-12(16)17/h6,8-9,15H,4-5,7H2,1-3H3,(H,16,17). The molecule has 0 bridgehead atoms. The van der Waals surface area contributed by atoms with Gasteiger partial charge in [-0.15, -0.1) is 0 Å². The van der Waals surface area contributed by atoms with Crippen LogP contribution >= 0.6 is 0 Å². The number of sulfonamides is 1. The molecule has 0 saturated carbocycles. The Balaban J connectivity index is 2.98. The highest BCUT2D eigenvalue weighted by atomic mass is 32.2. The molecule has 0 fully saturated rings. The summed E-state index contributed by atoms with van der Waals surface area (Å²) < 4.78 is 32.6. The molecule has 0 aliphatic carbocycles. The van der Waals surface area contributed by atoms with Gasteiger partial charge in [0.1, 0.15) is 10.6 Å². The summed E-state index contributed by atoms with van der Waals surface area (Å²) >= 11 is 0. The molecule has 1 aromatic heterocycles. The average molecular weight is 316 g/mol. The zero-order valence-corrected chi connectivity index (χ0v) is 13.1. The molecule has 0 atom stereocenters. The number of nitrogens with one attached hydrogen (secondary N) is 1. The summed E-state index contributed by atoms with van der Waals surface area (Å²) in [5.41, 5.74) is -0.892. The second kappa shape index (κ2) is 6.86. The van der Waals surface area contributed by atoms with E-state index in [9.17, 15) is 13.2 Å². The van der Waals surface area contributed by atoms with Gasteiger partial charge >= 0.3 is 5.97 Å². The molecule has 1 heterocycles. The largest absolute Gasteiger partial charge is 0.492 e. The molecule has 0 saturated heterocycles. The topological polar surface area (TPSA) is 106 Å². The Bertz CT molecular complexity index is 598. The lowest BCUT2D eigenvalue weighted by Crippen LogP contribution is -2.43. The summed E-state index contributed by atoms with van der Waals surface area (Å²) in [7, 11) is -3.85. The molecule has 0 aliphatic rings. The van der Waals surface area contributed by atoms with E-state index in [1.807, 2.05) is 0 Å². The first-order valence-corrected chi connectivity index (χ1v) is 7.99. The maximum atomic E-state index is 12.4. The van der Waals surface area contributed by atoms with E-state index < -0.39 is 21.5 Å². The van der Waals surface area contributed by atoms with E-state index in [1.54, 1.807) is 20.8 Å². The number of carboxylic acids is 1. The lowest BCUT2D eigenvalue weighted by Gasteiger charge is -2.25. The first kappa shape index (κ1) is 17.4. The van der Waals surface area contributed by atoms with Crippen molar-refractivity contribution < 1.29 is 23.1 Å². The maximum absolute atomic E-state index is 12.4. The second-order valence-electron chi connectivity index (χ2n) is 5.14. The van der Waals surface area contributed by atoms with Gasteiger partial charge in [0.2, 0.25) is 10.0 Å². The van der Waals surface area contributed by atoms with Gasteiger partial charge in [0.15, 0.2) is 0 Å². The van der Waals surface area contributed by atoms with E-state index in [2.05, 4.69) is 9.71 Å². The van der Waals surface area contributed by atoms with Gasteiger partial charge in [0, 0.05) is 18.2 Å². The van der Waals surface area contributed by atoms with E-state index >= 15 is 0 Å². The Morgan fingerprint density at radius 3 is 2.71 bits per heavy atom. The maximum Gasteiger partial charge on any atom is 0.303 e. The molecular formula is C13H20N2O5S. The summed E-state index contributed by atoms with van der Waals surface area (Å²) in [5, 5.41) is 8.70. The molecule has 7 nitrogen and oxygen atoms in total. The smallest absolute Gasteiger partial charge is 0.303 e. The van der Waals surface area contributed by atoms with Crippen LogP contribution in [0.3, 0.4) is 0 Å². The minimum absolute atomic E-state index is 0.0600. The summed E-state index contributed by atoms with van der Waals surface area (Å²) in [6.07, 6.45) is 2.70. The third-order valence-electron chi connectivity index (χ3n) is 2.71. The van der Waals surface area contributed by atoms with Gasteiger partial charge in [-0.3, -0.25) is 9.78 Å². The van der Waals surface area contributed by atoms with Gasteiger partial charge in [-0.1, -0.05) is 0 Å². The molecule has 0 unspecified atom stereocenters. The van der Waals surface area contributed by atoms with Crippen molar-refractivity contribution in [2.45, 2.75) is 44.0 Å². The van der Waals surface area contributed by atoms with Crippen LogP contribution in [0, 0.1) is 0 Å². The fraction of sp³-hybridized carbons (Fsp3) is 0.538. The van der Waals surface area contributed by atoms with Crippen molar-refractivity contribution in [2.75, 3.05) is 6.61 Å². The molecule has 1 rings (SSSR count). The van der Waals surface area contributed by atoms with Crippen molar-refractivity contribution in [2.24, 2.45) is 0 Å². The normalized spacial score (nSPS) is 12.1. The molecule has 1 aromatic rings. The Morgan fingerprint density at radius 1 is 1.48 bits per heavy atom. The minimum Gasteiger partial charge on any atom is -0.492 e. The van der Waals surface area contributed by atoms with Gasteiger partial charge in [-0.2, -0.15) is 0 Å². The predicted octanol–water partition coefficient (Wildman–Crippen LogP) is 1.40. The van der Waals surface area contributed by atoms with Gasteiger partial charge in [0.05, 0.1) is 12.8 Å². The van der Waals surface area contributed by atoms with Gasteiger partial charge in [-0.25, -0.2) is 13.1 Å². The molecule has 8 heteroatoms. The van der Waals surface area contributed by atoms with Crippen LogP contribution in [0.1, 0.15) is 33.6 Å². The van der Waals surface area contributed by atoms with Crippen LogP contribution in [0.15, 0.2) is 23.4 Å². The molecular weight excluding hydrogens is 296 g/mol. The number of rotatable bonds is 8. The number of pyridine rings is 1. The van der Waals surface area contributed by atoms with Crippen LogP contribution < -0.4 is 9.46 Å². The first-order chi connectivity index (χ1) is 9.68. The van der Waals surface area contributed by atoms with Crippen LogP contribution in [0.4, 0.5) is 0 Å². The Morgan fingerprint density at radius 2 is 2.14 bits per heavy atom. The number of aromatic nitrogens is 1. The average Bonchev–Trinajstić information content (AvgIpc) is 2.36. The zero-order chi connectivity index (χ0) is 16.1. The number of hydrogen-bond donors (Lipinski definition) is 2. The molecule has 21 heavy (non-hydrogen) atoms. The quantitative estimate of drug-likeness (QED) is 0.751. The van der Waals surface area contributed by atoms with Gasteiger partial charge in [-0.05, 0) is 33.3 Å². The third kappa shape index (κ3) is 5.31. The van der Waals surface area contributed by atoms with Crippen LogP contribution in [-0.2, 0) is 14.8 Å². The molecule has 0 spiro atoms. The number of aliphatic carboxylic acids is 1. The number of carboxylic acid groups (broad SMARTS) is 1. The van der Waals surface area contributed by atoms with Crippen molar-refractivity contribution in [1.29, 1.82) is 0 Å².